The molecule has 150 valence electrons. The van der Waals surface area contributed by atoms with Crippen LogP contribution in [0.15, 0.2) is 35.1 Å². The van der Waals surface area contributed by atoms with Gasteiger partial charge in [0.15, 0.2) is 0 Å². The number of nitrogens with two attached hydrogens (primary N) is 1. The third-order valence-electron chi connectivity index (χ3n) is 3.51. The van der Waals surface area contributed by atoms with Crippen LogP contribution >= 0.6 is 11.6 Å². The highest BCUT2D eigenvalue weighted by Gasteiger charge is 2.38. The molecule has 6 N–H and O–H groups in total. The van der Waals surface area contributed by atoms with Gasteiger partial charge < -0.3 is 26.0 Å². The van der Waals surface area contributed by atoms with Crippen molar-refractivity contribution in [1.29, 1.82) is 0 Å². The Labute approximate surface area is 159 Å². The second kappa shape index (κ2) is 7.82. The van der Waals surface area contributed by atoms with E-state index >= 15 is 0 Å². The van der Waals surface area contributed by atoms with E-state index in [-0.39, 0.29) is 22.2 Å². The molecule has 0 radical (unpaired) electrons. The summed E-state index contributed by atoms with van der Waals surface area (Å²) in [6.45, 7) is 0.331. The summed E-state index contributed by atoms with van der Waals surface area (Å²) in [5, 5.41) is 26.6. The zero-order valence-corrected chi connectivity index (χ0v) is 14.5. The van der Waals surface area contributed by atoms with Crippen molar-refractivity contribution in [3.05, 3.63) is 51.4 Å². The Morgan fingerprint density at radius 1 is 1.18 bits per heavy atom. The van der Waals surface area contributed by atoms with Crippen molar-refractivity contribution in [2.24, 2.45) is 5.73 Å². The number of aromatic amines is 1. The standard InChI is InChI=1S/C14H12ClN3O3.C2HF3O2/c15-8-4-11(13(20)5-12(8)19)18-10-3-7(6-16)1-2-9(10)17-14(18)21;3-2(4,5)1(6)7/h1-5,19-20H,6,16H2,(H,17,21);(H,6,7). The van der Waals surface area contributed by atoms with Gasteiger partial charge in [-0.15, -0.1) is 0 Å². The summed E-state index contributed by atoms with van der Waals surface area (Å²) in [7, 11) is 0. The smallest absolute Gasteiger partial charge is 0.490 e. The number of nitrogens with one attached hydrogen (secondary N) is 1. The van der Waals surface area contributed by atoms with Crippen molar-refractivity contribution >= 4 is 28.6 Å². The molecule has 0 spiro atoms. The molecule has 1 heterocycles. The predicted octanol–water partition coefficient (Wildman–Crippen LogP) is 2.48. The highest BCUT2D eigenvalue weighted by atomic mass is 35.5. The van der Waals surface area contributed by atoms with Gasteiger partial charge in [-0.3, -0.25) is 4.57 Å². The van der Waals surface area contributed by atoms with E-state index < -0.39 is 17.8 Å². The topological polar surface area (TPSA) is 142 Å². The zero-order chi connectivity index (χ0) is 21.2. The van der Waals surface area contributed by atoms with E-state index in [1.54, 1.807) is 12.1 Å². The Kier molecular flexibility index (Phi) is 5.90. The number of H-pyrrole nitrogens is 1. The number of carboxylic acids is 1. The maximum Gasteiger partial charge on any atom is 0.490 e. The normalized spacial score (nSPS) is 11.2. The predicted molar refractivity (Wildman–Crippen MR) is 93.8 cm³/mol. The van der Waals surface area contributed by atoms with E-state index in [1.165, 1.54) is 10.6 Å². The van der Waals surface area contributed by atoms with E-state index in [9.17, 15) is 28.2 Å². The number of aliphatic carboxylic acids is 1. The van der Waals surface area contributed by atoms with Gasteiger partial charge in [0.2, 0.25) is 0 Å². The van der Waals surface area contributed by atoms with Gasteiger partial charge in [0.1, 0.15) is 11.5 Å². The highest BCUT2D eigenvalue weighted by Crippen LogP contribution is 2.33. The second-order valence-electron chi connectivity index (χ2n) is 5.42. The number of aromatic hydroxyl groups is 2. The lowest BCUT2D eigenvalue weighted by molar-refractivity contribution is -0.192. The molecule has 3 aromatic rings. The summed E-state index contributed by atoms with van der Waals surface area (Å²) in [5.41, 5.74) is 7.40. The van der Waals surface area contributed by atoms with Crippen molar-refractivity contribution < 1.29 is 33.3 Å². The van der Waals surface area contributed by atoms with Crippen molar-refractivity contribution in [3.63, 3.8) is 0 Å². The number of hydrogen-bond acceptors (Lipinski definition) is 5. The number of hydrogen-bond donors (Lipinski definition) is 5. The molecule has 0 fully saturated rings. The van der Waals surface area contributed by atoms with E-state index in [1.807, 2.05) is 6.07 Å². The number of carboxylic acid groups (broad SMARTS) is 1. The lowest BCUT2D eigenvalue weighted by atomic mass is 10.2. The first-order valence-electron chi connectivity index (χ1n) is 7.41. The molecular weight excluding hydrogens is 407 g/mol. The van der Waals surface area contributed by atoms with Gasteiger partial charge >= 0.3 is 17.8 Å². The molecule has 0 aliphatic heterocycles. The third kappa shape index (κ3) is 4.38. The number of fused-ring (bicyclic) bond motifs is 1. The summed E-state index contributed by atoms with van der Waals surface area (Å²) >= 11 is 5.86. The molecule has 0 aliphatic rings. The van der Waals surface area contributed by atoms with Crippen LogP contribution in [0.25, 0.3) is 16.7 Å². The molecular formula is C16H13ClF3N3O5. The van der Waals surface area contributed by atoms with Gasteiger partial charge in [-0.2, -0.15) is 13.2 Å². The average molecular weight is 420 g/mol. The number of alkyl halides is 3. The van der Waals surface area contributed by atoms with Crippen LogP contribution in [-0.4, -0.2) is 37.0 Å². The molecule has 0 saturated heterocycles. The van der Waals surface area contributed by atoms with Gasteiger partial charge in [0, 0.05) is 12.6 Å². The van der Waals surface area contributed by atoms with E-state index in [0.29, 0.717) is 17.6 Å². The summed E-state index contributed by atoms with van der Waals surface area (Å²) < 4.78 is 33.0. The van der Waals surface area contributed by atoms with E-state index in [4.69, 9.17) is 27.2 Å². The van der Waals surface area contributed by atoms with Crippen molar-refractivity contribution in [1.82, 2.24) is 9.55 Å². The Balaban J connectivity index is 0.000000345. The second-order valence-corrected chi connectivity index (χ2v) is 5.82. The molecule has 0 saturated carbocycles. The number of phenolic OH excluding ortho intramolecular Hbond substituents is 2. The minimum atomic E-state index is -5.08. The Morgan fingerprint density at radius 3 is 2.32 bits per heavy atom. The van der Waals surface area contributed by atoms with Crippen LogP contribution in [0.2, 0.25) is 5.02 Å². The van der Waals surface area contributed by atoms with Crippen molar-refractivity contribution in [2.75, 3.05) is 0 Å². The quantitative estimate of drug-likeness (QED) is 0.432. The van der Waals surface area contributed by atoms with Crippen molar-refractivity contribution in [2.45, 2.75) is 12.7 Å². The maximum atomic E-state index is 12.1. The molecule has 0 unspecified atom stereocenters. The number of aromatic nitrogens is 2. The van der Waals surface area contributed by atoms with Crippen molar-refractivity contribution in [3.8, 4) is 17.2 Å². The van der Waals surface area contributed by atoms with Gasteiger partial charge in [-0.25, -0.2) is 9.59 Å². The molecule has 1 aromatic heterocycles. The maximum absolute atomic E-state index is 12.1. The largest absolute Gasteiger partial charge is 0.506 e. The minimum absolute atomic E-state index is 0.0408. The molecule has 28 heavy (non-hydrogen) atoms. The first-order valence-corrected chi connectivity index (χ1v) is 7.79. The molecule has 0 bridgehead atoms. The van der Waals surface area contributed by atoms with Crippen LogP contribution in [-0.2, 0) is 11.3 Å². The summed E-state index contributed by atoms with van der Waals surface area (Å²) in [6, 6.07) is 7.74. The molecule has 3 rings (SSSR count). The molecule has 8 nitrogen and oxygen atoms in total. The monoisotopic (exact) mass is 419 g/mol. The highest BCUT2D eigenvalue weighted by molar-refractivity contribution is 6.32. The zero-order valence-electron chi connectivity index (χ0n) is 13.8. The Hall–Kier alpha value is -3.18. The van der Waals surface area contributed by atoms with Crippen LogP contribution in [0.1, 0.15) is 5.56 Å². The van der Waals surface area contributed by atoms with Crippen LogP contribution in [0, 0.1) is 0 Å². The van der Waals surface area contributed by atoms with Gasteiger partial charge in [-0.1, -0.05) is 17.7 Å². The van der Waals surface area contributed by atoms with E-state index in [2.05, 4.69) is 4.98 Å². The summed E-state index contributed by atoms with van der Waals surface area (Å²) in [4.78, 5) is 23.7. The van der Waals surface area contributed by atoms with Crippen LogP contribution in [0.4, 0.5) is 13.2 Å². The SMILES string of the molecule is NCc1ccc2[nH]c(=O)n(-c3cc(Cl)c(O)cc3O)c2c1.O=C(O)C(F)(F)F. The Bertz CT molecular complexity index is 1090. The molecule has 12 heteroatoms. The fourth-order valence-electron chi connectivity index (χ4n) is 2.23. The van der Waals surface area contributed by atoms with E-state index in [0.717, 1.165) is 11.6 Å². The Morgan fingerprint density at radius 2 is 1.79 bits per heavy atom. The third-order valence-corrected chi connectivity index (χ3v) is 3.81. The summed E-state index contributed by atoms with van der Waals surface area (Å²) in [5.74, 6) is -3.26. The molecule has 2 aromatic carbocycles. The van der Waals surface area contributed by atoms with Gasteiger partial charge in [0.05, 0.1) is 21.7 Å². The fourth-order valence-corrected chi connectivity index (χ4v) is 2.39. The van der Waals surface area contributed by atoms with Crippen LogP contribution in [0.5, 0.6) is 11.5 Å². The van der Waals surface area contributed by atoms with Gasteiger partial charge in [-0.05, 0) is 23.8 Å². The molecule has 0 aliphatic carbocycles. The van der Waals surface area contributed by atoms with Gasteiger partial charge in [0.25, 0.3) is 0 Å². The average Bonchev–Trinajstić information content (AvgIpc) is 2.92. The number of rotatable bonds is 2. The first kappa shape index (κ1) is 21.1. The fraction of sp³-hybridized carbons (Fsp3) is 0.125. The number of imidazole rings is 1. The lowest BCUT2D eigenvalue weighted by Crippen LogP contribution is -2.21. The van der Waals surface area contributed by atoms with Crippen LogP contribution < -0.4 is 11.4 Å². The summed E-state index contributed by atoms with van der Waals surface area (Å²) in [6.07, 6.45) is -5.08. The minimum Gasteiger partial charge on any atom is -0.506 e. The molecule has 0 amide bonds. The number of halogens is 4. The first-order chi connectivity index (χ1) is 13.0. The number of phenols is 2. The molecule has 0 atom stereocenters. The lowest BCUT2D eigenvalue weighted by Gasteiger charge is -2.08. The number of nitrogens with zero attached hydrogens (tertiary/aromatic N) is 1. The van der Waals surface area contributed by atoms with Crippen LogP contribution in [0.3, 0.4) is 0 Å². The number of benzene rings is 2. The number of carbonyl (C=O) groups is 1.